The smallest absolute Gasteiger partial charge is 0.251 e. The third-order valence-electron chi connectivity index (χ3n) is 5.82. The molecule has 3 aromatic carbocycles. The van der Waals surface area contributed by atoms with Crippen LogP contribution in [0.2, 0.25) is 0 Å². The number of amides is 1. The fourth-order valence-electron chi connectivity index (χ4n) is 4.10. The van der Waals surface area contributed by atoms with Crippen LogP contribution in [0.25, 0.3) is 11.0 Å². The van der Waals surface area contributed by atoms with Gasteiger partial charge in [0.25, 0.3) is 5.91 Å². The highest BCUT2D eigenvalue weighted by Gasteiger charge is 2.18. The molecule has 1 heterocycles. The standard InChI is InChI=1S/C27H29N3O5/c1-32-22-12-8-5-9-18(22)17-30-21-11-7-6-10-20(21)29-25(30)13-14-28-27(31)19-15-23(33-2)26(35-4)24(16-19)34-3/h5-12,15-16H,13-14,17H2,1-4H3,(H,28,31). The van der Waals surface area contributed by atoms with E-state index < -0.39 is 0 Å². The van der Waals surface area contributed by atoms with Gasteiger partial charge in [-0.1, -0.05) is 30.3 Å². The zero-order chi connectivity index (χ0) is 24.8. The monoisotopic (exact) mass is 475 g/mol. The van der Waals surface area contributed by atoms with Crippen LogP contribution in [0.3, 0.4) is 0 Å². The van der Waals surface area contributed by atoms with Crippen LogP contribution < -0.4 is 24.3 Å². The van der Waals surface area contributed by atoms with Gasteiger partial charge < -0.3 is 28.8 Å². The second-order valence-electron chi connectivity index (χ2n) is 7.83. The van der Waals surface area contributed by atoms with Gasteiger partial charge in [-0.15, -0.1) is 0 Å². The Balaban J connectivity index is 1.54. The SMILES string of the molecule is COc1ccccc1Cn1c(CCNC(=O)c2cc(OC)c(OC)c(OC)c2)nc2ccccc21. The lowest BCUT2D eigenvalue weighted by molar-refractivity contribution is 0.0953. The molecule has 1 amide bonds. The first-order chi connectivity index (χ1) is 17.1. The van der Waals surface area contributed by atoms with Crippen LogP contribution in [-0.4, -0.2) is 50.4 Å². The molecule has 0 atom stereocenters. The number of para-hydroxylation sites is 3. The Labute approximate surface area is 204 Å². The molecule has 1 aromatic heterocycles. The number of rotatable bonds is 10. The van der Waals surface area contributed by atoms with Crippen molar-refractivity contribution in [3.8, 4) is 23.0 Å². The highest BCUT2D eigenvalue weighted by molar-refractivity contribution is 5.95. The lowest BCUT2D eigenvalue weighted by Gasteiger charge is -2.14. The Bertz CT molecular complexity index is 1310. The minimum atomic E-state index is -0.239. The number of benzene rings is 3. The van der Waals surface area contributed by atoms with Crippen molar-refractivity contribution in [3.05, 3.63) is 77.6 Å². The molecule has 0 aliphatic rings. The summed E-state index contributed by atoms with van der Waals surface area (Å²) in [6.45, 7) is 1.02. The predicted molar refractivity (Wildman–Crippen MR) is 134 cm³/mol. The molecule has 0 radical (unpaired) electrons. The van der Waals surface area contributed by atoms with E-state index in [2.05, 4.69) is 16.0 Å². The summed E-state index contributed by atoms with van der Waals surface area (Å²) in [6, 6.07) is 19.2. The van der Waals surface area contributed by atoms with Gasteiger partial charge in [0, 0.05) is 24.1 Å². The van der Waals surface area contributed by atoms with Crippen LogP contribution in [0.1, 0.15) is 21.7 Å². The molecule has 0 bridgehead atoms. The summed E-state index contributed by atoms with van der Waals surface area (Å²) >= 11 is 0. The number of imidazole rings is 1. The lowest BCUT2D eigenvalue weighted by atomic mass is 10.1. The van der Waals surface area contributed by atoms with Crippen LogP contribution in [-0.2, 0) is 13.0 Å². The fraction of sp³-hybridized carbons (Fsp3) is 0.259. The number of hydrogen-bond acceptors (Lipinski definition) is 6. The number of hydrogen-bond donors (Lipinski definition) is 1. The van der Waals surface area contributed by atoms with Gasteiger partial charge in [0.2, 0.25) is 5.75 Å². The maximum Gasteiger partial charge on any atom is 0.251 e. The van der Waals surface area contributed by atoms with Crippen molar-refractivity contribution in [3.63, 3.8) is 0 Å². The third-order valence-corrected chi connectivity index (χ3v) is 5.82. The largest absolute Gasteiger partial charge is 0.496 e. The summed E-state index contributed by atoms with van der Waals surface area (Å²) in [5.74, 6) is 2.76. The summed E-state index contributed by atoms with van der Waals surface area (Å²) in [4.78, 5) is 17.7. The molecule has 8 heteroatoms. The van der Waals surface area contributed by atoms with Crippen molar-refractivity contribution < 1.29 is 23.7 Å². The van der Waals surface area contributed by atoms with Gasteiger partial charge in [0.1, 0.15) is 11.6 Å². The van der Waals surface area contributed by atoms with Crippen LogP contribution >= 0.6 is 0 Å². The molecule has 1 N–H and O–H groups in total. The van der Waals surface area contributed by atoms with Crippen molar-refractivity contribution in [2.75, 3.05) is 35.0 Å². The average Bonchev–Trinajstić information content (AvgIpc) is 3.24. The van der Waals surface area contributed by atoms with Crippen LogP contribution in [0.5, 0.6) is 23.0 Å². The van der Waals surface area contributed by atoms with Gasteiger partial charge in [-0.3, -0.25) is 4.79 Å². The van der Waals surface area contributed by atoms with E-state index >= 15 is 0 Å². The summed E-state index contributed by atoms with van der Waals surface area (Å²) in [5.41, 5.74) is 3.42. The van der Waals surface area contributed by atoms with E-state index in [-0.39, 0.29) is 5.91 Å². The molecule has 0 aliphatic carbocycles. The molecule has 182 valence electrons. The molecular formula is C27H29N3O5. The van der Waals surface area contributed by atoms with E-state index in [1.165, 1.54) is 21.3 Å². The molecule has 0 unspecified atom stereocenters. The number of aromatic nitrogens is 2. The number of carbonyl (C=O) groups excluding carboxylic acids is 1. The summed E-state index contributed by atoms with van der Waals surface area (Å²) in [7, 11) is 6.23. The van der Waals surface area contributed by atoms with Crippen LogP contribution in [0.4, 0.5) is 0 Å². The molecule has 8 nitrogen and oxygen atoms in total. The topological polar surface area (TPSA) is 83.8 Å². The molecule has 0 saturated heterocycles. The number of nitrogens with one attached hydrogen (secondary N) is 1. The van der Waals surface area contributed by atoms with E-state index in [0.717, 1.165) is 28.2 Å². The first-order valence-electron chi connectivity index (χ1n) is 11.2. The molecule has 35 heavy (non-hydrogen) atoms. The number of ether oxygens (including phenoxy) is 4. The van der Waals surface area contributed by atoms with Crippen LogP contribution in [0.15, 0.2) is 60.7 Å². The highest BCUT2D eigenvalue weighted by Crippen LogP contribution is 2.38. The summed E-state index contributed by atoms with van der Waals surface area (Å²) < 4.78 is 23.8. The molecule has 0 fully saturated rings. The second kappa shape index (κ2) is 10.8. The van der Waals surface area contributed by atoms with Crippen molar-refractivity contribution in [2.24, 2.45) is 0 Å². The highest BCUT2D eigenvalue weighted by atomic mass is 16.5. The Kier molecular flexibility index (Phi) is 7.40. The van der Waals surface area contributed by atoms with Gasteiger partial charge >= 0.3 is 0 Å². The predicted octanol–water partition coefficient (Wildman–Crippen LogP) is 4.09. The van der Waals surface area contributed by atoms with E-state index in [1.54, 1.807) is 19.2 Å². The summed E-state index contributed by atoms with van der Waals surface area (Å²) in [5, 5.41) is 2.98. The Morgan fingerprint density at radius 3 is 2.20 bits per heavy atom. The molecule has 4 rings (SSSR count). The molecule has 0 aliphatic heterocycles. The minimum Gasteiger partial charge on any atom is -0.496 e. The van der Waals surface area contributed by atoms with E-state index in [4.69, 9.17) is 23.9 Å². The number of carbonyl (C=O) groups is 1. The Morgan fingerprint density at radius 1 is 0.857 bits per heavy atom. The van der Waals surface area contributed by atoms with Crippen molar-refractivity contribution in [2.45, 2.75) is 13.0 Å². The van der Waals surface area contributed by atoms with Crippen molar-refractivity contribution >= 4 is 16.9 Å². The number of fused-ring (bicyclic) bond motifs is 1. The van der Waals surface area contributed by atoms with Gasteiger partial charge in [-0.2, -0.15) is 0 Å². The fourth-order valence-corrected chi connectivity index (χ4v) is 4.10. The Morgan fingerprint density at radius 2 is 1.51 bits per heavy atom. The van der Waals surface area contributed by atoms with E-state index in [9.17, 15) is 4.79 Å². The zero-order valence-corrected chi connectivity index (χ0v) is 20.3. The van der Waals surface area contributed by atoms with E-state index in [0.29, 0.717) is 42.3 Å². The van der Waals surface area contributed by atoms with Crippen molar-refractivity contribution in [1.29, 1.82) is 0 Å². The maximum atomic E-state index is 12.9. The van der Waals surface area contributed by atoms with Gasteiger partial charge in [0.05, 0.1) is 46.0 Å². The van der Waals surface area contributed by atoms with Gasteiger partial charge in [-0.05, 0) is 30.3 Å². The molecule has 0 spiro atoms. The molecule has 4 aromatic rings. The van der Waals surface area contributed by atoms with Crippen molar-refractivity contribution in [1.82, 2.24) is 14.9 Å². The first-order valence-corrected chi connectivity index (χ1v) is 11.2. The normalized spacial score (nSPS) is 10.7. The second-order valence-corrected chi connectivity index (χ2v) is 7.83. The van der Waals surface area contributed by atoms with E-state index in [1.807, 2.05) is 42.5 Å². The molecular weight excluding hydrogens is 446 g/mol. The summed E-state index contributed by atoms with van der Waals surface area (Å²) in [6.07, 6.45) is 0.556. The first kappa shape index (κ1) is 23.9. The van der Waals surface area contributed by atoms with Crippen LogP contribution in [0, 0.1) is 0 Å². The number of nitrogens with zero attached hydrogens (tertiary/aromatic N) is 2. The van der Waals surface area contributed by atoms with Gasteiger partial charge in [0.15, 0.2) is 11.5 Å². The maximum absolute atomic E-state index is 12.9. The lowest BCUT2D eigenvalue weighted by Crippen LogP contribution is -2.26. The third kappa shape index (κ3) is 5.01. The van der Waals surface area contributed by atoms with Gasteiger partial charge in [-0.25, -0.2) is 4.98 Å². The molecule has 0 saturated carbocycles. The minimum absolute atomic E-state index is 0.239. The average molecular weight is 476 g/mol. The zero-order valence-electron chi connectivity index (χ0n) is 20.3. The number of methoxy groups -OCH3 is 4. The Hall–Kier alpha value is -4.20. The quantitative estimate of drug-likeness (QED) is 0.372.